The fourth-order valence-corrected chi connectivity index (χ4v) is 0.703. The lowest BCUT2D eigenvalue weighted by Crippen LogP contribution is -2.08. The maximum Gasteiger partial charge on any atom is 0.353 e. The summed E-state index contributed by atoms with van der Waals surface area (Å²) in [6, 6.07) is 10.1. The summed E-state index contributed by atoms with van der Waals surface area (Å²) in [6.07, 6.45) is 0. The third-order valence-corrected chi connectivity index (χ3v) is 1.34. The van der Waals surface area contributed by atoms with Crippen LogP contribution in [-0.4, -0.2) is 5.97 Å². The van der Waals surface area contributed by atoms with Crippen molar-refractivity contribution in [3.8, 4) is 11.8 Å². The monoisotopic (exact) mass is 173 g/mol. The summed E-state index contributed by atoms with van der Waals surface area (Å²) in [5, 5.41) is 8.33. The third kappa shape index (κ3) is 2.46. The summed E-state index contributed by atoms with van der Waals surface area (Å²) in [5.74, 6) is -0.308. The molecule has 0 N–H and O–H groups in total. The first-order chi connectivity index (χ1) is 6.24. The highest BCUT2D eigenvalue weighted by Crippen LogP contribution is 2.09. The van der Waals surface area contributed by atoms with Crippen LogP contribution in [0.5, 0.6) is 5.75 Å². The molecule has 13 heavy (non-hydrogen) atoms. The highest BCUT2D eigenvalue weighted by molar-refractivity contribution is 5.93. The zero-order valence-corrected chi connectivity index (χ0v) is 6.86. The summed E-state index contributed by atoms with van der Waals surface area (Å²) in [6.45, 7) is 3.23. The van der Waals surface area contributed by atoms with E-state index in [-0.39, 0.29) is 5.57 Å². The van der Waals surface area contributed by atoms with E-state index in [1.807, 2.05) is 0 Å². The lowest BCUT2D eigenvalue weighted by atomic mass is 10.3. The Morgan fingerprint density at radius 1 is 1.38 bits per heavy atom. The van der Waals surface area contributed by atoms with Gasteiger partial charge in [0.05, 0.1) is 0 Å². The van der Waals surface area contributed by atoms with Crippen molar-refractivity contribution in [2.24, 2.45) is 0 Å². The molecular formula is C10H7NO2. The van der Waals surface area contributed by atoms with Crippen LogP contribution in [0.25, 0.3) is 0 Å². The number of esters is 1. The average Bonchev–Trinajstić information content (AvgIpc) is 2.18. The Labute approximate surface area is 75.9 Å². The van der Waals surface area contributed by atoms with Gasteiger partial charge in [-0.2, -0.15) is 5.26 Å². The van der Waals surface area contributed by atoms with Crippen LogP contribution >= 0.6 is 0 Å². The number of hydrogen-bond donors (Lipinski definition) is 0. The maximum absolute atomic E-state index is 11.0. The van der Waals surface area contributed by atoms with E-state index in [4.69, 9.17) is 10.00 Å². The Bertz CT molecular complexity index is 362. The van der Waals surface area contributed by atoms with Crippen molar-refractivity contribution in [1.82, 2.24) is 0 Å². The lowest BCUT2D eigenvalue weighted by Gasteiger charge is -2.00. The van der Waals surface area contributed by atoms with E-state index in [0.29, 0.717) is 5.75 Å². The molecule has 0 fully saturated rings. The number of hydrogen-bond acceptors (Lipinski definition) is 3. The summed E-state index contributed by atoms with van der Waals surface area (Å²) in [5.41, 5.74) is -0.205. The van der Waals surface area contributed by atoms with Crippen molar-refractivity contribution >= 4 is 5.97 Å². The van der Waals surface area contributed by atoms with Crippen LogP contribution in [0.1, 0.15) is 0 Å². The number of carbonyl (C=O) groups excluding carboxylic acids is 1. The van der Waals surface area contributed by atoms with Crippen molar-refractivity contribution in [3.63, 3.8) is 0 Å². The Morgan fingerprint density at radius 3 is 2.54 bits per heavy atom. The van der Waals surface area contributed by atoms with Crippen LogP contribution < -0.4 is 4.74 Å². The number of benzene rings is 1. The minimum atomic E-state index is -0.714. The summed E-state index contributed by atoms with van der Waals surface area (Å²) >= 11 is 0. The van der Waals surface area contributed by atoms with Crippen LogP contribution in [0.2, 0.25) is 0 Å². The Morgan fingerprint density at radius 2 is 2.00 bits per heavy atom. The number of carbonyl (C=O) groups is 1. The molecule has 0 aromatic heterocycles. The van der Waals surface area contributed by atoms with Crippen LogP contribution in [0.4, 0.5) is 0 Å². The maximum atomic E-state index is 11.0. The van der Waals surface area contributed by atoms with Crippen molar-refractivity contribution in [1.29, 1.82) is 5.26 Å². The number of nitriles is 1. The van der Waals surface area contributed by atoms with Crippen LogP contribution in [0.15, 0.2) is 42.5 Å². The molecule has 0 aliphatic rings. The van der Waals surface area contributed by atoms with E-state index in [0.717, 1.165) is 0 Å². The largest absolute Gasteiger partial charge is 0.422 e. The molecule has 1 aromatic carbocycles. The number of nitrogens with zero attached hydrogens (tertiary/aromatic N) is 1. The zero-order valence-electron chi connectivity index (χ0n) is 6.86. The Kier molecular flexibility index (Phi) is 2.82. The van der Waals surface area contributed by atoms with Gasteiger partial charge in [0.25, 0.3) is 0 Å². The molecule has 0 radical (unpaired) electrons. The van der Waals surface area contributed by atoms with Gasteiger partial charge in [-0.15, -0.1) is 0 Å². The second-order valence-electron chi connectivity index (χ2n) is 2.29. The lowest BCUT2D eigenvalue weighted by molar-refractivity contribution is -0.129. The standard InChI is InChI=1S/C10H7NO2/c1-8(7-11)10(12)13-9-5-3-2-4-6-9/h2-6H,1H2. The van der Waals surface area contributed by atoms with Gasteiger partial charge in [0.15, 0.2) is 0 Å². The predicted octanol–water partition coefficient (Wildman–Crippen LogP) is 1.67. The first kappa shape index (κ1) is 9.01. The van der Waals surface area contributed by atoms with E-state index in [2.05, 4.69) is 6.58 Å². The number of ether oxygens (including phenoxy) is 1. The van der Waals surface area contributed by atoms with Crippen molar-refractivity contribution < 1.29 is 9.53 Å². The van der Waals surface area contributed by atoms with E-state index >= 15 is 0 Å². The summed E-state index contributed by atoms with van der Waals surface area (Å²) in [7, 11) is 0. The van der Waals surface area contributed by atoms with Gasteiger partial charge >= 0.3 is 5.97 Å². The Hall–Kier alpha value is -2.08. The summed E-state index contributed by atoms with van der Waals surface area (Å²) < 4.78 is 4.81. The fourth-order valence-electron chi connectivity index (χ4n) is 0.703. The van der Waals surface area contributed by atoms with Gasteiger partial charge in [-0.3, -0.25) is 0 Å². The molecule has 1 rings (SSSR count). The van der Waals surface area contributed by atoms with Gasteiger partial charge in [0.2, 0.25) is 0 Å². The summed E-state index contributed by atoms with van der Waals surface area (Å²) in [4.78, 5) is 11.0. The first-order valence-corrected chi connectivity index (χ1v) is 3.60. The number of rotatable bonds is 2. The smallest absolute Gasteiger partial charge is 0.353 e. The van der Waals surface area contributed by atoms with Gasteiger partial charge in [0.1, 0.15) is 17.4 Å². The van der Waals surface area contributed by atoms with Crippen LogP contribution in [0, 0.1) is 11.3 Å². The quantitative estimate of drug-likeness (QED) is 0.296. The van der Waals surface area contributed by atoms with Crippen molar-refractivity contribution in [3.05, 3.63) is 42.5 Å². The van der Waals surface area contributed by atoms with E-state index < -0.39 is 5.97 Å². The Balaban J connectivity index is 2.67. The van der Waals surface area contributed by atoms with E-state index in [1.54, 1.807) is 36.4 Å². The first-order valence-electron chi connectivity index (χ1n) is 3.60. The van der Waals surface area contributed by atoms with Crippen LogP contribution in [-0.2, 0) is 4.79 Å². The molecule has 0 aliphatic carbocycles. The van der Waals surface area contributed by atoms with Gasteiger partial charge in [-0.05, 0) is 12.1 Å². The topological polar surface area (TPSA) is 50.1 Å². The number of para-hydroxylation sites is 1. The third-order valence-electron chi connectivity index (χ3n) is 1.34. The second kappa shape index (κ2) is 4.07. The molecule has 0 atom stereocenters. The van der Waals surface area contributed by atoms with E-state index in [1.165, 1.54) is 0 Å². The highest BCUT2D eigenvalue weighted by atomic mass is 16.5. The molecule has 0 amide bonds. The SMILES string of the molecule is C=C(C#N)C(=O)Oc1ccccc1. The van der Waals surface area contributed by atoms with Gasteiger partial charge in [0, 0.05) is 0 Å². The second-order valence-corrected chi connectivity index (χ2v) is 2.29. The normalized spacial score (nSPS) is 8.54. The molecule has 0 bridgehead atoms. The molecule has 0 saturated heterocycles. The molecular weight excluding hydrogens is 166 g/mol. The van der Waals surface area contributed by atoms with Crippen molar-refractivity contribution in [2.45, 2.75) is 0 Å². The molecule has 0 aliphatic heterocycles. The molecule has 0 heterocycles. The van der Waals surface area contributed by atoms with E-state index in [9.17, 15) is 4.79 Å². The molecule has 3 heteroatoms. The van der Waals surface area contributed by atoms with Gasteiger partial charge in [-0.1, -0.05) is 24.8 Å². The van der Waals surface area contributed by atoms with Crippen LogP contribution in [0.3, 0.4) is 0 Å². The molecule has 3 nitrogen and oxygen atoms in total. The minimum Gasteiger partial charge on any atom is -0.422 e. The predicted molar refractivity (Wildman–Crippen MR) is 46.8 cm³/mol. The van der Waals surface area contributed by atoms with Gasteiger partial charge < -0.3 is 4.74 Å². The highest BCUT2D eigenvalue weighted by Gasteiger charge is 2.07. The molecule has 64 valence electrons. The molecule has 1 aromatic rings. The molecule has 0 saturated carbocycles. The fraction of sp³-hybridized carbons (Fsp3) is 0. The van der Waals surface area contributed by atoms with Crippen molar-refractivity contribution in [2.75, 3.05) is 0 Å². The average molecular weight is 173 g/mol. The molecule has 0 spiro atoms. The zero-order chi connectivity index (χ0) is 9.68. The molecule has 0 unspecified atom stereocenters. The van der Waals surface area contributed by atoms with Gasteiger partial charge in [-0.25, -0.2) is 4.79 Å². The minimum absolute atomic E-state index is 0.205.